The molecule has 1 aromatic rings. The third-order valence-electron chi connectivity index (χ3n) is 3.66. The summed E-state index contributed by atoms with van der Waals surface area (Å²) in [5, 5.41) is 14.8. The van der Waals surface area contributed by atoms with Crippen molar-refractivity contribution < 1.29 is 14.7 Å². The predicted octanol–water partition coefficient (Wildman–Crippen LogP) is 1.50. The molecule has 6 nitrogen and oxygen atoms in total. The van der Waals surface area contributed by atoms with Gasteiger partial charge in [0.2, 0.25) is 5.91 Å². The van der Waals surface area contributed by atoms with E-state index in [4.69, 9.17) is 5.11 Å². The van der Waals surface area contributed by atoms with Crippen molar-refractivity contribution >= 4 is 17.7 Å². The van der Waals surface area contributed by atoms with Crippen LogP contribution in [0.4, 0.5) is 5.82 Å². The zero-order valence-corrected chi connectivity index (χ0v) is 11.4. The van der Waals surface area contributed by atoms with E-state index in [1.165, 1.54) is 6.07 Å². The summed E-state index contributed by atoms with van der Waals surface area (Å²) in [5.74, 6) is -0.254. The molecule has 1 aromatic heterocycles. The number of anilines is 1. The number of hydrogen-bond acceptors (Lipinski definition) is 4. The number of amides is 1. The summed E-state index contributed by atoms with van der Waals surface area (Å²) >= 11 is 0. The normalized spacial score (nSPS) is 22.1. The van der Waals surface area contributed by atoms with Gasteiger partial charge < -0.3 is 15.7 Å². The van der Waals surface area contributed by atoms with Crippen LogP contribution in [0.3, 0.4) is 0 Å². The molecule has 0 radical (unpaired) electrons. The lowest BCUT2D eigenvalue weighted by atomic mass is 9.85. The summed E-state index contributed by atoms with van der Waals surface area (Å²) < 4.78 is 0. The van der Waals surface area contributed by atoms with Crippen molar-refractivity contribution in [3.05, 3.63) is 23.9 Å². The van der Waals surface area contributed by atoms with Crippen LogP contribution >= 0.6 is 0 Å². The third kappa shape index (κ3) is 3.46. The number of nitrogens with zero attached hydrogens (tertiary/aromatic N) is 1. The number of pyridine rings is 1. The molecule has 0 atom stereocenters. The van der Waals surface area contributed by atoms with Crippen LogP contribution in [0.25, 0.3) is 0 Å². The molecule has 6 heteroatoms. The highest BCUT2D eigenvalue weighted by molar-refractivity contribution is 5.85. The van der Waals surface area contributed by atoms with Gasteiger partial charge in [-0.1, -0.05) is 6.07 Å². The second-order valence-electron chi connectivity index (χ2n) is 5.02. The maximum Gasteiger partial charge on any atom is 0.354 e. The molecular formula is C14H19N3O3. The van der Waals surface area contributed by atoms with Gasteiger partial charge in [-0.2, -0.15) is 0 Å². The number of carbonyl (C=O) groups is 2. The van der Waals surface area contributed by atoms with Crippen molar-refractivity contribution in [1.29, 1.82) is 0 Å². The van der Waals surface area contributed by atoms with Crippen molar-refractivity contribution in [2.45, 2.75) is 31.7 Å². The molecule has 0 bridgehead atoms. The van der Waals surface area contributed by atoms with Gasteiger partial charge in [-0.15, -0.1) is 0 Å². The van der Waals surface area contributed by atoms with Gasteiger partial charge in [0.05, 0.1) is 0 Å². The second kappa shape index (κ2) is 6.36. The Morgan fingerprint density at radius 2 is 1.95 bits per heavy atom. The van der Waals surface area contributed by atoms with E-state index in [-0.39, 0.29) is 23.6 Å². The highest BCUT2D eigenvalue weighted by Crippen LogP contribution is 2.26. The maximum atomic E-state index is 11.5. The molecule has 0 aliphatic heterocycles. The van der Waals surface area contributed by atoms with Crippen molar-refractivity contribution in [3.8, 4) is 0 Å². The van der Waals surface area contributed by atoms with Gasteiger partial charge in [0, 0.05) is 19.0 Å². The van der Waals surface area contributed by atoms with Crippen LogP contribution in [0.1, 0.15) is 36.2 Å². The summed E-state index contributed by atoms with van der Waals surface area (Å²) in [4.78, 5) is 26.5. The van der Waals surface area contributed by atoms with Crippen LogP contribution in [0.15, 0.2) is 18.2 Å². The Labute approximate surface area is 117 Å². The topological polar surface area (TPSA) is 91.3 Å². The van der Waals surface area contributed by atoms with Crippen LogP contribution < -0.4 is 10.6 Å². The number of nitrogens with one attached hydrogen (secondary N) is 2. The van der Waals surface area contributed by atoms with Gasteiger partial charge in [0.25, 0.3) is 0 Å². The van der Waals surface area contributed by atoms with E-state index >= 15 is 0 Å². The largest absolute Gasteiger partial charge is 0.477 e. The van der Waals surface area contributed by atoms with Crippen molar-refractivity contribution in [3.63, 3.8) is 0 Å². The second-order valence-corrected chi connectivity index (χ2v) is 5.02. The van der Waals surface area contributed by atoms with E-state index in [9.17, 15) is 9.59 Å². The molecule has 2 rings (SSSR count). The standard InChI is InChI=1S/C14H19N3O3/c1-15-13(18)9-5-7-10(8-6-9)16-12-4-2-3-11(17-12)14(19)20/h2-4,9-10H,5-8H2,1H3,(H,15,18)(H,16,17)(H,19,20). The summed E-state index contributed by atoms with van der Waals surface area (Å²) in [6.45, 7) is 0. The molecule has 1 fully saturated rings. The van der Waals surface area contributed by atoms with E-state index < -0.39 is 5.97 Å². The monoisotopic (exact) mass is 277 g/mol. The highest BCUT2D eigenvalue weighted by Gasteiger charge is 2.25. The first-order chi connectivity index (χ1) is 9.60. The Kier molecular flexibility index (Phi) is 4.55. The molecule has 108 valence electrons. The lowest BCUT2D eigenvalue weighted by Gasteiger charge is -2.28. The minimum absolute atomic E-state index is 0.0362. The van der Waals surface area contributed by atoms with Crippen molar-refractivity contribution in [2.24, 2.45) is 5.92 Å². The molecule has 1 saturated carbocycles. The molecule has 0 aromatic carbocycles. The van der Waals surface area contributed by atoms with Crippen molar-refractivity contribution in [1.82, 2.24) is 10.3 Å². The minimum atomic E-state index is -1.03. The van der Waals surface area contributed by atoms with Gasteiger partial charge in [0.1, 0.15) is 5.82 Å². The number of carbonyl (C=O) groups excluding carboxylic acids is 1. The summed E-state index contributed by atoms with van der Waals surface area (Å²) in [6.07, 6.45) is 3.46. The summed E-state index contributed by atoms with van der Waals surface area (Å²) in [7, 11) is 1.66. The number of hydrogen-bond donors (Lipinski definition) is 3. The Morgan fingerprint density at radius 1 is 1.25 bits per heavy atom. The first-order valence-electron chi connectivity index (χ1n) is 6.78. The molecule has 20 heavy (non-hydrogen) atoms. The van der Waals surface area contributed by atoms with Gasteiger partial charge in [-0.05, 0) is 37.8 Å². The fourth-order valence-electron chi connectivity index (χ4n) is 2.55. The van der Waals surface area contributed by atoms with Crippen LogP contribution in [0.2, 0.25) is 0 Å². The van der Waals surface area contributed by atoms with E-state index in [2.05, 4.69) is 15.6 Å². The summed E-state index contributed by atoms with van der Waals surface area (Å²) in [6, 6.07) is 5.15. The van der Waals surface area contributed by atoms with Gasteiger partial charge in [-0.3, -0.25) is 4.79 Å². The first kappa shape index (κ1) is 14.3. The average molecular weight is 277 g/mol. The first-order valence-corrected chi connectivity index (χ1v) is 6.78. The van der Waals surface area contributed by atoms with Gasteiger partial charge in [0.15, 0.2) is 5.69 Å². The quantitative estimate of drug-likeness (QED) is 0.775. The number of carboxylic acid groups (broad SMARTS) is 1. The lowest BCUT2D eigenvalue weighted by molar-refractivity contribution is -0.125. The molecule has 1 aliphatic carbocycles. The van der Waals surface area contributed by atoms with Crippen LogP contribution in [0, 0.1) is 5.92 Å². The minimum Gasteiger partial charge on any atom is -0.477 e. The molecular weight excluding hydrogens is 258 g/mol. The highest BCUT2D eigenvalue weighted by atomic mass is 16.4. The molecule has 1 amide bonds. The Bertz CT molecular complexity index is 496. The SMILES string of the molecule is CNC(=O)C1CCC(Nc2cccc(C(=O)O)n2)CC1. The number of carboxylic acids is 1. The molecule has 1 heterocycles. The fourth-order valence-corrected chi connectivity index (χ4v) is 2.55. The van der Waals surface area contributed by atoms with Crippen LogP contribution in [-0.4, -0.2) is 35.1 Å². The Morgan fingerprint density at radius 3 is 2.55 bits per heavy atom. The Hall–Kier alpha value is -2.11. The summed E-state index contributed by atoms with van der Waals surface area (Å²) in [5.41, 5.74) is 0.0362. The van der Waals surface area contributed by atoms with Crippen molar-refractivity contribution in [2.75, 3.05) is 12.4 Å². The van der Waals surface area contributed by atoms with Crippen LogP contribution in [-0.2, 0) is 4.79 Å². The average Bonchev–Trinajstić information content (AvgIpc) is 2.47. The van der Waals surface area contributed by atoms with E-state index in [1.54, 1.807) is 19.2 Å². The molecule has 0 spiro atoms. The Balaban J connectivity index is 1.91. The van der Waals surface area contributed by atoms with Crippen LogP contribution in [0.5, 0.6) is 0 Å². The van der Waals surface area contributed by atoms with E-state index in [0.717, 1.165) is 25.7 Å². The predicted molar refractivity (Wildman–Crippen MR) is 74.6 cm³/mol. The van der Waals surface area contributed by atoms with E-state index in [0.29, 0.717) is 5.82 Å². The zero-order chi connectivity index (χ0) is 14.5. The number of aromatic nitrogens is 1. The number of rotatable bonds is 4. The van der Waals surface area contributed by atoms with E-state index in [1.807, 2.05) is 0 Å². The third-order valence-corrected chi connectivity index (χ3v) is 3.66. The smallest absolute Gasteiger partial charge is 0.354 e. The fraction of sp³-hybridized carbons (Fsp3) is 0.500. The number of aromatic carboxylic acids is 1. The molecule has 1 aliphatic rings. The van der Waals surface area contributed by atoms with Gasteiger partial charge >= 0.3 is 5.97 Å². The maximum absolute atomic E-state index is 11.5. The zero-order valence-electron chi connectivity index (χ0n) is 11.4. The lowest BCUT2D eigenvalue weighted by Crippen LogP contribution is -2.34. The molecule has 0 unspecified atom stereocenters. The molecule has 0 saturated heterocycles. The molecule has 3 N–H and O–H groups in total. The van der Waals surface area contributed by atoms with Gasteiger partial charge in [-0.25, -0.2) is 9.78 Å².